The van der Waals surface area contributed by atoms with Gasteiger partial charge < -0.3 is 15.4 Å². The number of hydrogen-bond donors (Lipinski definition) is 2. The van der Waals surface area contributed by atoms with Crippen LogP contribution in [0.2, 0.25) is 0 Å². The quantitative estimate of drug-likeness (QED) is 0.807. The van der Waals surface area contributed by atoms with Crippen LogP contribution in [0.4, 0.5) is 10.5 Å². The number of carbonyl (C=O) groups is 1. The van der Waals surface area contributed by atoms with E-state index in [0.29, 0.717) is 0 Å². The minimum Gasteiger partial charge on any atom is -0.377 e. The van der Waals surface area contributed by atoms with E-state index in [-0.39, 0.29) is 18.2 Å². The fourth-order valence-electron chi connectivity index (χ4n) is 1.76. The maximum absolute atomic E-state index is 11.9. The van der Waals surface area contributed by atoms with E-state index in [1.807, 2.05) is 38.1 Å². The van der Waals surface area contributed by atoms with E-state index < -0.39 is 0 Å². The Balaban J connectivity index is 2.53. The zero-order chi connectivity index (χ0) is 15.0. The largest absolute Gasteiger partial charge is 0.377 e. The highest BCUT2D eigenvalue weighted by Crippen LogP contribution is 2.19. The van der Waals surface area contributed by atoms with Gasteiger partial charge in [-0.1, -0.05) is 12.1 Å². The average molecular weight is 296 g/mol. The third kappa shape index (κ3) is 5.84. The Morgan fingerprint density at radius 2 is 2.15 bits per heavy atom. The van der Waals surface area contributed by atoms with Crippen LogP contribution in [-0.2, 0) is 4.74 Å². The molecule has 0 aliphatic carbocycles. The molecule has 20 heavy (non-hydrogen) atoms. The van der Waals surface area contributed by atoms with Crippen molar-refractivity contribution in [3.8, 4) is 0 Å². The Morgan fingerprint density at radius 3 is 2.80 bits per heavy atom. The summed E-state index contributed by atoms with van der Waals surface area (Å²) in [5.74, 6) is 1.04. The van der Waals surface area contributed by atoms with Crippen LogP contribution in [-0.4, -0.2) is 31.2 Å². The number of methoxy groups -OCH3 is 1. The minimum absolute atomic E-state index is 0.0142. The normalized spacial score (nSPS) is 13.6. The molecule has 0 radical (unpaired) electrons. The third-order valence-corrected chi connectivity index (χ3v) is 3.74. The number of urea groups is 1. The highest BCUT2D eigenvalue weighted by Gasteiger charge is 2.09. The zero-order valence-electron chi connectivity index (χ0n) is 12.6. The van der Waals surface area contributed by atoms with Gasteiger partial charge in [-0.05, 0) is 50.0 Å². The fraction of sp³-hybridized carbons (Fsp3) is 0.533. The molecule has 2 unspecified atom stereocenters. The van der Waals surface area contributed by atoms with Gasteiger partial charge in [-0.3, -0.25) is 0 Å². The molecule has 0 saturated carbocycles. The summed E-state index contributed by atoms with van der Waals surface area (Å²) in [6, 6.07) is 7.71. The molecule has 2 atom stereocenters. The van der Waals surface area contributed by atoms with Crippen LogP contribution in [0, 0.1) is 0 Å². The van der Waals surface area contributed by atoms with E-state index in [0.717, 1.165) is 23.4 Å². The van der Waals surface area contributed by atoms with Crippen LogP contribution in [0.15, 0.2) is 24.3 Å². The summed E-state index contributed by atoms with van der Waals surface area (Å²) in [6.45, 7) is 3.99. The smallest absolute Gasteiger partial charge is 0.319 e. The number of anilines is 1. The molecule has 0 heterocycles. The van der Waals surface area contributed by atoms with Crippen molar-refractivity contribution in [1.82, 2.24) is 5.32 Å². The van der Waals surface area contributed by atoms with Gasteiger partial charge in [0.25, 0.3) is 0 Å². The summed E-state index contributed by atoms with van der Waals surface area (Å²) in [6.07, 6.45) is 3.05. The molecule has 0 aromatic heterocycles. The van der Waals surface area contributed by atoms with Gasteiger partial charge in [0.05, 0.1) is 6.10 Å². The van der Waals surface area contributed by atoms with Crippen LogP contribution in [0.1, 0.15) is 31.9 Å². The predicted molar refractivity (Wildman–Crippen MR) is 86.5 cm³/mol. The van der Waals surface area contributed by atoms with E-state index in [4.69, 9.17) is 4.74 Å². The molecular formula is C15H24N2O2S. The van der Waals surface area contributed by atoms with E-state index in [9.17, 15) is 4.79 Å². The lowest BCUT2D eigenvalue weighted by atomic mass is 10.1. The van der Waals surface area contributed by atoms with Crippen molar-refractivity contribution < 1.29 is 9.53 Å². The lowest BCUT2D eigenvalue weighted by Crippen LogP contribution is -2.36. The van der Waals surface area contributed by atoms with Gasteiger partial charge in [-0.2, -0.15) is 11.8 Å². The molecule has 1 rings (SSSR count). The van der Waals surface area contributed by atoms with Crippen molar-refractivity contribution in [1.29, 1.82) is 0 Å². The van der Waals surface area contributed by atoms with Gasteiger partial charge in [0, 0.05) is 18.8 Å². The van der Waals surface area contributed by atoms with E-state index >= 15 is 0 Å². The molecule has 0 spiro atoms. The van der Waals surface area contributed by atoms with Crippen LogP contribution in [0.3, 0.4) is 0 Å². The van der Waals surface area contributed by atoms with Crippen molar-refractivity contribution in [2.45, 2.75) is 32.4 Å². The molecule has 0 aliphatic heterocycles. The maximum Gasteiger partial charge on any atom is 0.319 e. The van der Waals surface area contributed by atoms with Gasteiger partial charge in [-0.25, -0.2) is 4.79 Å². The van der Waals surface area contributed by atoms with Gasteiger partial charge >= 0.3 is 6.03 Å². The molecule has 2 N–H and O–H groups in total. The van der Waals surface area contributed by atoms with E-state index in [2.05, 4.69) is 16.9 Å². The highest BCUT2D eigenvalue weighted by atomic mass is 32.2. The van der Waals surface area contributed by atoms with Crippen LogP contribution < -0.4 is 10.6 Å². The first-order valence-electron chi connectivity index (χ1n) is 6.76. The van der Waals surface area contributed by atoms with Crippen molar-refractivity contribution in [3.63, 3.8) is 0 Å². The number of carbonyl (C=O) groups excluding carboxylic acids is 1. The zero-order valence-corrected chi connectivity index (χ0v) is 13.4. The van der Waals surface area contributed by atoms with E-state index in [1.54, 1.807) is 18.9 Å². The minimum atomic E-state index is -0.166. The SMILES string of the molecule is COC(C)c1cccc(NC(=O)NC(C)CCSC)c1. The number of rotatable bonds is 7. The number of thioether (sulfide) groups is 1. The van der Waals surface area contributed by atoms with Crippen LogP contribution >= 0.6 is 11.8 Å². The molecule has 1 aromatic carbocycles. The molecule has 4 nitrogen and oxygen atoms in total. The molecule has 5 heteroatoms. The summed E-state index contributed by atoms with van der Waals surface area (Å²) in [5, 5.41) is 5.79. The lowest BCUT2D eigenvalue weighted by molar-refractivity contribution is 0.119. The highest BCUT2D eigenvalue weighted by molar-refractivity contribution is 7.98. The molecule has 0 saturated heterocycles. The van der Waals surface area contributed by atoms with Gasteiger partial charge in [0.15, 0.2) is 0 Å². The van der Waals surface area contributed by atoms with Crippen LogP contribution in [0.25, 0.3) is 0 Å². The second-order valence-corrected chi connectivity index (χ2v) is 5.77. The molecular weight excluding hydrogens is 272 g/mol. The Labute approximate surface area is 125 Å². The first-order chi connectivity index (χ1) is 9.56. The second-order valence-electron chi connectivity index (χ2n) is 4.78. The van der Waals surface area contributed by atoms with Crippen LogP contribution in [0.5, 0.6) is 0 Å². The van der Waals surface area contributed by atoms with Crippen molar-refractivity contribution in [2.75, 3.05) is 24.4 Å². The molecule has 1 aromatic rings. The fourth-order valence-corrected chi connectivity index (χ4v) is 2.35. The summed E-state index contributed by atoms with van der Waals surface area (Å²) in [7, 11) is 1.67. The van der Waals surface area contributed by atoms with Crippen molar-refractivity contribution in [2.24, 2.45) is 0 Å². The molecule has 2 amide bonds. The number of nitrogens with one attached hydrogen (secondary N) is 2. The molecule has 0 fully saturated rings. The topological polar surface area (TPSA) is 50.4 Å². The third-order valence-electron chi connectivity index (χ3n) is 3.10. The molecule has 0 bridgehead atoms. The molecule has 0 aliphatic rings. The monoisotopic (exact) mass is 296 g/mol. The second kappa shape index (κ2) is 8.87. The van der Waals surface area contributed by atoms with Crippen molar-refractivity contribution >= 4 is 23.5 Å². The van der Waals surface area contributed by atoms with Gasteiger partial charge in [-0.15, -0.1) is 0 Å². The van der Waals surface area contributed by atoms with E-state index in [1.165, 1.54) is 0 Å². The predicted octanol–water partition coefficient (Wildman–Crippen LogP) is 3.66. The number of hydrogen-bond acceptors (Lipinski definition) is 3. The first kappa shape index (κ1) is 16.9. The number of benzene rings is 1. The Bertz CT molecular complexity index is 426. The summed E-state index contributed by atoms with van der Waals surface area (Å²) in [5.41, 5.74) is 1.82. The maximum atomic E-state index is 11.9. The Hall–Kier alpha value is -1.20. The van der Waals surface area contributed by atoms with Gasteiger partial charge in [0.2, 0.25) is 0 Å². The summed E-state index contributed by atoms with van der Waals surface area (Å²) < 4.78 is 5.27. The summed E-state index contributed by atoms with van der Waals surface area (Å²) >= 11 is 1.78. The van der Waals surface area contributed by atoms with Gasteiger partial charge in [0.1, 0.15) is 0 Å². The number of amides is 2. The Morgan fingerprint density at radius 1 is 1.40 bits per heavy atom. The Kier molecular flexibility index (Phi) is 7.47. The average Bonchev–Trinajstić information content (AvgIpc) is 2.44. The first-order valence-corrected chi connectivity index (χ1v) is 8.15. The molecule has 112 valence electrons. The van der Waals surface area contributed by atoms with Crippen molar-refractivity contribution in [3.05, 3.63) is 29.8 Å². The standard InChI is InChI=1S/C15H24N2O2S/c1-11(8-9-20-4)16-15(18)17-14-7-5-6-13(10-14)12(2)19-3/h5-7,10-12H,8-9H2,1-4H3,(H2,16,17,18). The summed E-state index contributed by atoms with van der Waals surface area (Å²) in [4.78, 5) is 11.9. The lowest BCUT2D eigenvalue weighted by Gasteiger charge is -2.15. The number of ether oxygens (including phenoxy) is 1.